The Labute approximate surface area is 347 Å². The molecule has 0 aromatic heterocycles. The molecular formula is C48H72Br2N2O2. The van der Waals surface area contributed by atoms with Gasteiger partial charge in [-0.1, -0.05) is 200 Å². The second kappa shape index (κ2) is 24.7. The zero-order valence-electron chi connectivity index (χ0n) is 34.5. The summed E-state index contributed by atoms with van der Waals surface area (Å²) in [6.45, 7) is 10.5. The molecule has 6 heteroatoms. The Morgan fingerprint density at radius 3 is 1.07 bits per heavy atom. The van der Waals surface area contributed by atoms with E-state index in [9.17, 15) is 9.59 Å². The van der Waals surface area contributed by atoms with Crippen LogP contribution in [0.4, 0.5) is 11.4 Å². The lowest BCUT2D eigenvalue weighted by molar-refractivity contribution is -0.114. The van der Waals surface area contributed by atoms with Crippen molar-refractivity contribution in [2.45, 2.75) is 182 Å². The van der Waals surface area contributed by atoms with E-state index in [2.05, 4.69) is 83.8 Å². The zero-order valence-corrected chi connectivity index (χ0v) is 37.6. The molecule has 2 aromatic rings. The molecule has 0 bridgehead atoms. The summed E-state index contributed by atoms with van der Waals surface area (Å²) in [6.07, 6.45) is 29.9. The molecular weight excluding hydrogens is 796 g/mol. The van der Waals surface area contributed by atoms with Crippen LogP contribution in [0.3, 0.4) is 0 Å². The molecule has 54 heavy (non-hydrogen) atoms. The molecule has 2 aliphatic rings. The van der Waals surface area contributed by atoms with Crippen molar-refractivity contribution in [3.8, 4) is 0 Å². The molecule has 0 radical (unpaired) electrons. The Kier molecular flexibility index (Phi) is 20.5. The third-order valence-corrected chi connectivity index (χ3v) is 12.9. The summed E-state index contributed by atoms with van der Waals surface area (Å²) in [5, 5.41) is 0. The van der Waals surface area contributed by atoms with E-state index >= 15 is 0 Å². The second-order valence-corrected chi connectivity index (χ2v) is 18.3. The van der Waals surface area contributed by atoms with Crippen LogP contribution in [0.25, 0.3) is 11.1 Å². The quantitative estimate of drug-likeness (QED) is 0.0631. The maximum Gasteiger partial charge on any atom is 0.259 e. The lowest BCUT2D eigenvalue weighted by Gasteiger charge is -2.25. The van der Waals surface area contributed by atoms with Crippen LogP contribution in [0, 0.1) is 11.8 Å². The van der Waals surface area contributed by atoms with E-state index in [1.54, 1.807) is 0 Å². The van der Waals surface area contributed by atoms with Crippen molar-refractivity contribution in [1.29, 1.82) is 0 Å². The number of unbranched alkanes of at least 4 members (excludes halogenated alkanes) is 16. The maximum absolute atomic E-state index is 14.9. The highest BCUT2D eigenvalue weighted by molar-refractivity contribution is 9.10. The van der Waals surface area contributed by atoms with E-state index in [-0.39, 0.29) is 11.8 Å². The summed E-state index contributed by atoms with van der Waals surface area (Å²) < 4.78 is 1.93. The number of anilines is 2. The molecule has 2 unspecified atom stereocenters. The molecule has 0 spiro atoms. The predicted molar refractivity (Wildman–Crippen MR) is 240 cm³/mol. The Bertz CT molecular complexity index is 1380. The molecule has 0 N–H and O–H groups in total. The van der Waals surface area contributed by atoms with Gasteiger partial charge in [-0.3, -0.25) is 9.59 Å². The molecule has 300 valence electrons. The first-order valence-corrected chi connectivity index (χ1v) is 23.9. The van der Waals surface area contributed by atoms with E-state index < -0.39 is 0 Å². The van der Waals surface area contributed by atoms with Gasteiger partial charge in [0, 0.05) is 33.2 Å². The first kappa shape index (κ1) is 44.8. The minimum Gasteiger partial charge on any atom is -0.307 e. The van der Waals surface area contributed by atoms with Crippen molar-refractivity contribution >= 4 is 66.2 Å². The minimum absolute atomic E-state index is 0.00753. The summed E-state index contributed by atoms with van der Waals surface area (Å²) in [5.74, 6) is 0.879. The Hall–Kier alpha value is -1.92. The van der Waals surface area contributed by atoms with Gasteiger partial charge in [0.25, 0.3) is 11.8 Å². The van der Waals surface area contributed by atoms with Crippen LogP contribution in [-0.2, 0) is 9.59 Å². The first-order valence-electron chi connectivity index (χ1n) is 22.3. The molecule has 0 saturated heterocycles. The van der Waals surface area contributed by atoms with Crippen LogP contribution in [-0.4, -0.2) is 24.9 Å². The van der Waals surface area contributed by atoms with Crippen LogP contribution in [0.2, 0.25) is 0 Å². The molecule has 0 saturated carbocycles. The van der Waals surface area contributed by atoms with Gasteiger partial charge in [0.2, 0.25) is 0 Å². The van der Waals surface area contributed by atoms with E-state index in [1.807, 2.05) is 21.9 Å². The summed E-state index contributed by atoms with van der Waals surface area (Å²) in [6, 6.07) is 12.4. The summed E-state index contributed by atoms with van der Waals surface area (Å²) in [7, 11) is 0. The standard InChI is InChI=1S/C48H72Br2N2O2/c1-5-9-13-17-19-23-27-37(25-21-15-11-7-3)35-51-43-33-39(49)29-31-41(43)45(47(51)53)46-42-32-30-40(50)34-44(42)52(48(46)54)36-38(26-22-16-12-8-4)28-24-20-18-14-10-6-2/h29-34,37-38H,5-28,35-36H2,1-4H3. The van der Waals surface area contributed by atoms with Gasteiger partial charge < -0.3 is 9.80 Å². The third kappa shape index (κ3) is 13.1. The highest BCUT2D eigenvalue weighted by atomic mass is 79.9. The summed E-state index contributed by atoms with van der Waals surface area (Å²) >= 11 is 7.46. The Morgan fingerprint density at radius 2 is 0.741 bits per heavy atom. The number of carbonyl (C=O) groups excluding carboxylic acids is 2. The van der Waals surface area contributed by atoms with Gasteiger partial charge in [0.1, 0.15) is 0 Å². The molecule has 0 fully saturated rings. The van der Waals surface area contributed by atoms with Crippen LogP contribution in [0.15, 0.2) is 45.3 Å². The smallest absolute Gasteiger partial charge is 0.259 e. The number of nitrogens with zero attached hydrogens (tertiary/aromatic N) is 2. The van der Waals surface area contributed by atoms with Gasteiger partial charge in [-0.05, 0) is 61.8 Å². The Morgan fingerprint density at radius 1 is 0.444 bits per heavy atom. The summed E-state index contributed by atoms with van der Waals surface area (Å²) in [5.41, 5.74) is 4.87. The van der Waals surface area contributed by atoms with Crippen LogP contribution in [0.5, 0.6) is 0 Å². The Balaban J connectivity index is 1.63. The number of hydrogen-bond donors (Lipinski definition) is 0. The SMILES string of the molecule is CCCCCCCCC(CCCCCC)CN1C(=O)C(=C2C(=O)N(CC(CCCCCC)CCCCCCCC)c3cc(Br)ccc32)c2ccc(Br)cc21. The molecule has 2 amide bonds. The number of carbonyl (C=O) groups is 2. The fraction of sp³-hybridized carbons (Fsp3) is 0.667. The molecule has 2 heterocycles. The lowest BCUT2D eigenvalue weighted by atomic mass is 9.93. The number of fused-ring (bicyclic) bond motifs is 2. The van der Waals surface area contributed by atoms with E-state index in [0.29, 0.717) is 36.1 Å². The van der Waals surface area contributed by atoms with Gasteiger partial charge in [-0.15, -0.1) is 0 Å². The molecule has 2 atom stereocenters. The van der Waals surface area contributed by atoms with E-state index in [0.717, 1.165) is 57.1 Å². The number of rotatable bonds is 28. The monoisotopic (exact) mass is 866 g/mol. The van der Waals surface area contributed by atoms with E-state index in [4.69, 9.17) is 0 Å². The molecule has 4 nitrogen and oxygen atoms in total. The van der Waals surface area contributed by atoms with Crippen molar-refractivity contribution in [3.05, 3.63) is 56.5 Å². The predicted octanol–water partition coefficient (Wildman–Crippen LogP) is 15.5. The van der Waals surface area contributed by atoms with Gasteiger partial charge in [0.05, 0.1) is 22.5 Å². The highest BCUT2D eigenvalue weighted by Gasteiger charge is 2.43. The van der Waals surface area contributed by atoms with Crippen LogP contribution >= 0.6 is 31.9 Å². The number of benzene rings is 2. The third-order valence-electron chi connectivity index (χ3n) is 12.0. The highest BCUT2D eigenvalue weighted by Crippen LogP contribution is 2.48. The number of hydrogen-bond acceptors (Lipinski definition) is 2. The average molecular weight is 869 g/mol. The van der Waals surface area contributed by atoms with Crippen LogP contribution < -0.4 is 9.80 Å². The molecule has 0 aliphatic carbocycles. The van der Waals surface area contributed by atoms with Crippen molar-refractivity contribution in [1.82, 2.24) is 0 Å². The fourth-order valence-corrected chi connectivity index (χ4v) is 9.46. The molecule has 4 rings (SSSR count). The van der Waals surface area contributed by atoms with Crippen LogP contribution in [0.1, 0.15) is 193 Å². The van der Waals surface area contributed by atoms with Crippen molar-refractivity contribution < 1.29 is 9.59 Å². The van der Waals surface area contributed by atoms with Gasteiger partial charge in [-0.25, -0.2) is 0 Å². The topological polar surface area (TPSA) is 40.6 Å². The van der Waals surface area contributed by atoms with Crippen molar-refractivity contribution in [3.63, 3.8) is 0 Å². The summed E-state index contributed by atoms with van der Waals surface area (Å²) in [4.78, 5) is 33.9. The largest absolute Gasteiger partial charge is 0.307 e. The average Bonchev–Trinajstić information content (AvgIpc) is 3.57. The fourth-order valence-electron chi connectivity index (χ4n) is 8.76. The second-order valence-electron chi connectivity index (χ2n) is 16.4. The van der Waals surface area contributed by atoms with E-state index in [1.165, 1.54) is 128 Å². The zero-order chi connectivity index (χ0) is 38.7. The lowest BCUT2D eigenvalue weighted by Crippen LogP contribution is -2.34. The minimum atomic E-state index is -0.00753. The van der Waals surface area contributed by atoms with Gasteiger partial charge in [0.15, 0.2) is 0 Å². The maximum atomic E-state index is 14.9. The number of halogens is 2. The van der Waals surface area contributed by atoms with Gasteiger partial charge >= 0.3 is 0 Å². The van der Waals surface area contributed by atoms with Gasteiger partial charge in [-0.2, -0.15) is 0 Å². The van der Waals surface area contributed by atoms with Crippen molar-refractivity contribution in [2.75, 3.05) is 22.9 Å². The normalized spacial score (nSPS) is 16.4. The van der Waals surface area contributed by atoms with Crippen molar-refractivity contribution in [2.24, 2.45) is 11.8 Å². The molecule has 2 aromatic carbocycles. The first-order chi connectivity index (χ1) is 26.3. The molecule has 2 aliphatic heterocycles. The number of amides is 2.